The molecule has 1 atom stereocenters. The Labute approximate surface area is 133 Å². The van der Waals surface area contributed by atoms with Gasteiger partial charge in [0.25, 0.3) is 5.89 Å². The Morgan fingerprint density at radius 1 is 1.36 bits per heavy atom. The lowest BCUT2D eigenvalue weighted by Gasteiger charge is -2.19. The third-order valence-electron chi connectivity index (χ3n) is 3.21. The summed E-state index contributed by atoms with van der Waals surface area (Å²) in [5.74, 6) is 0.543. The Kier molecular flexibility index (Phi) is 5.48. The van der Waals surface area contributed by atoms with Gasteiger partial charge in [0.05, 0.1) is 19.3 Å². The molecule has 3 rings (SSSR count). The van der Waals surface area contributed by atoms with E-state index in [-0.39, 0.29) is 24.5 Å². The van der Waals surface area contributed by atoms with E-state index in [0.717, 1.165) is 12.1 Å². The number of nitrogens with zero attached hydrogens (tertiary/aromatic N) is 2. The van der Waals surface area contributed by atoms with Gasteiger partial charge in [-0.05, 0) is 12.1 Å². The molecule has 0 radical (unpaired) electrons. The van der Waals surface area contributed by atoms with Crippen molar-refractivity contribution >= 4 is 18.4 Å². The fourth-order valence-corrected chi connectivity index (χ4v) is 2.08. The lowest BCUT2D eigenvalue weighted by molar-refractivity contribution is 0.00755. The Morgan fingerprint density at radius 2 is 2.14 bits per heavy atom. The minimum absolute atomic E-state index is 0. The SMILES string of the molecule is COC(=O)c1ccc(-c2noc([C@H]3CNCCO3)n2)cc1.Cl. The van der Waals surface area contributed by atoms with E-state index >= 15 is 0 Å². The van der Waals surface area contributed by atoms with Crippen LogP contribution in [0.15, 0.2) is 28.8 Å². The Hall–Kier alpha value is -1.96. The summed E-state index contributed by atoms with van der Waals surface area (Å²) in [6.07, 6.45) is -0.214. The van der Waals surface area contributed by atoms with Crippen LogP contribution in [0.5, 0.6) is 0 Å². The van der Waals surface area contributed by atoms with Crippen molar-refractivity contribution in [2.45, 2.75) is 6.10 Å². The standard InChI is InChI=1S/C14H15N3O4.ClH/c1-19-14(18)10-4-2-9(3-5-10)12-16-13(21-17-12)11-8-15-6-7-20-11;/h2-5,11,15H,6-8H2,1H3;1H/t11-;/m1./s1. The van der Waals surface area contributed by atoms with E-state index in [2.05, 4.69) is 20.2 Å². The maximum absolute atomic E-state index is 11.4. The highest BCUT2D eigenvalue weighted by Crippen LogP contribution is 2.22. The van der Waals surface area contributed by atoms with Gasteiger partial charge in [0, 0.05) is 18.7 Å². The molecule has 0 bridgehead atoms. The normalized spacial score (nSPS) is 17.6. The molecule has 1 fully saturated rings. The fraction of sp³-hybridized carbons (Fsp3) is 0.357. The molecule has 1 aliphatic heterocycles. The van der Waals surface area contributed by atoms with E-state index in [0.29, 0.717) is 30.4 Å². The molecule has 2 aromatic rings. The predicted molar refractivity (Wildman–Crippen MR) is 79.9 cm³/mol. The summed E-state index contributed by atoms with van der Waals surface area (Å²) < 4.78 is 15.5. The topological polar surface area (TPSA) is 86.5 Å². The maximum atomic E-state index is 11.4. The Balaban J connectivity index is 0.00000176. The minimum atomic E-state index is -0.378. The van der Waals surface area contributed by atoms with Crippen molar-refractivity contribution in [3.8, 4) is 11.4 Å². The second-order valence-electron chi connectivity index (χ2n) is 4.59. The van der Waals surface area contributed by atoms with Gasteiger partial charge < -0.3 is 19.3 Å². The zero-order valence-electron chi connectivity index (χ0n) is 11.9. The number of hydrogen-bond donors (Lipinski definition) is 1. The summed E-state index contributed by atoms with van der Waals surface area (Å²) in [6.45, 7) is 2.10. The van der Waals surface area contributed by atoms with Gasteiger partial charge in [-0.25, -0.2) is 4.79 Å². The first-order valence-corrected chi connectivity index (χ1v) is 6.62. The van der Waals surface area contributed by atoms with Crippen molar-refractivity contribution in [3.63, 3.8) is 0 Å². The molecule has 0 unspecified atom stereocenters. The summed E-state index contributed by atoms with van der Waals surface area (Å²) in [4.78, 5) is 15.7. The number of halogens is 1. The molecule has 0 spiro atoms. The van der Waals surface area contributed by atoms with Crippen LogP contribution in [-0.2, 0) is 9.47 Å². The number of rotatable bonds is 3. The van der Waals surface area contributed by atoms with E-state index in [1.807, 2.05) is 0 Å². The lowest BCUT2D eigenvalue weighted by Crippen LogP contribution is -2.33. The molecule has 1 N–H and O–H groups in total. The van der Waals surface area contributed by atoms with Gasteiger partial charge in [0.15, 0.2) is 0 Å². The molecule has 0 amide bonds. The van der Waals surface area contributed by atoms with Gasteiger partial charge in [-0.15, -0.1) is 12.4 Å². The van der Waals surface area contributed by atoms with E-state index < -0.39 is 0 Å². The van der Waals surface area contributed by atoms with Crippen molar-refractivity contribution in [1.82, 2.24) is 15.5 Å². The molecule has 1 aromatic heterocycles. The third kappa shape index (κ3) is 3.44. The first kappa shape index (κ1) is 16.4. The molecular weight excluding hydrogens is 310 g/mol. The molecule has 1 saturated heterocycles. The molecule has 8 heteroatoms. The highest BCUT2D eigenvalue weighted by molar-refractivity contribution is 5.89. The Morgan fingerprint density at radius 3 is 2.77 bits per heavy atom. The number of ether oxygens (including phenoxy) is 2. The zero-order valence-corrected chi connectivity index (χ0v) is 12.8. The van der Waals surface area contributed by atoms with Gasteiger partial charge in [0.2, 0.25) is 5.82 Å². The van der Waals surface area contributed by atoms with Crippen LogP contribution < -0.4 is 5.32 Å². The molecular formula is C14H16ClN3O4. The van der Waals surface area contributed by atoms with Crippen molar-refractivity contribution in [2.24, 2.45) is 0 Å². The monoisotopic (exact) mass is 325 g/mol. The van der Waals surface area contributed by atoms with E-state index in [1.54, 1.807) is 24.3 Å². The number of nitrogens with one attached hydrogen (secondary N) is 1. The number of hydrogen-bond acceptors (Lipinski definition) is 7. The number of benzene rings is 1. The lowest BCUT2D eigenvalue weighted by atomic mass is 10.1. The largest absolute Gasteiger partial charge is 0.465 e. The van der Waals surface area contributed by atoms with Gasteiger partial charge in [0.1, 0.15) is 6.10 Å². The predicted octanol–water partition coefficient (Wildman–Crippen LogP) is 1.61. The number of methoxy groups -OCH3 is 1. The van der Waals surface area contributed by atoms with Gasteiger partial charge in [-0.3, -0.25) is 0 Å². The van der Waals surface area contributed by atoms with Crippen LogP contribution in [-0.4, -0.2) is 42.9 Å². The zero-order chi connectivity index (χ0) is 14.7. The summed E-state index contributed by atoms with van der Waals surface area (Å²) in [5.41, 5.74) is 1.24. The van der Waals surface area contributed by atoms with E-state index in [1.165, 1.54) is 7.11 Å². The second-order valence-corrected chi connectivity index (χ2v) is 4.59. The van der Waals surface area contributed by atoms with Crippen molar-refractivity contribution in [1.29, 1.82) is 0 Å². The van der Waals surface area contributed by atoms with Crippen molar-refractivity contribution < 1.29 is 18.8 Å². The quantitative estimate of drug-likeness (QED) is 0.858. The first-order chi connectivity index (χ1) is 10.3. The molecule has 1 aliphatic rings. The number of morpholine rings is 1. The minimum Gasteiger partial charge on any atom is -0.465 e. The molecule has 1 aromatic carbocycles. The summed E-state index contributed by atoms with van der Waals surface area (Å²) in [5, 5.41) is 7.15. The summed E-state index contributed by atoms with van der Waals surface area (Å²) >= 11 is 0. The summed E-state index contributed by atoms with van der Waals surface area (Å²) in [7, 11) is 1.35. The van der Waals surface area contributed by atoms with E-state index in [9.17, 15) is 4.79 Å². The van der Waals surface area contributed by atoms with Crippen LogP contribution in [0.3, 0.4) is 0 Å². The summed E-state index contributed by atoms with van der Waals surface area (Å²) in [6, 6.07) is 6.83. The first-order valence-electron chi connectivity index (χ1n) is 6.62. The van der Waals surface area contributed by atoms with Crippen LogP contribution in [0.2, 0.25) is 0 Å². The van der Waals surface area contributed by atoms with E-state index in [4.69, 9.17) is 9.26 Å². The molecule has 0 aliphatic carbocycles. The van der Waals surface area contributed by atoms with Crippen LogP contribution in [0.25, 0.3) is 11.4 Å². The maximum Gasteiger partial charge on any atom is 0.337 e. The van der Waals surface area contributed by atoms with Gasteiger partial charge in [-0.2, -0.15) is 4.98 Å². The number of carbonyl (C=O) groups excluding carboxylic acids is 1. The van der Waals surface area contributed by atoms with Crippen LogP contribution in [0.4, 0.5) is 0 Å². The molecule has 7 nitrogen and oxygen atoms in total. The molecule has 22 heavy (non-hydrogen) atoms. The number of carbonyl (C=O) groups is 1. The highest BCUT2D eigenvalue weighted by atomic mass is 35.5. The number of esters is 1. The van der Waals surface area contributed by atoms with Crippen LogP contribution >= 0.6 is 12.4 Å². The average Bonchev–Trinajstić information content (AvgIpc) is 3.05. The van der Waals surface area contributed by atoms with Crippen molar-refractivity contribution in [3.05, 3.63) is 35.7 Å². The van der Waals surface area contributed by atoms with Gasteiger partial charge in [-0.1, -0.05) is 17.3 Å². The molecule has 0 saturated carbocycles. The van der Waals surface area contributed by atoms with Crippen molar-refractivity contribution in [2.75, 3.05) is 26.8 Å². The fourth-order valence-electron chi connectivity index (χ4n) is 2.08. The average molecular weight is 326 g/mol. The van der Waals surface area contributed by atoms with Gasteiger partial charge >= 0.3 is 5.97 Å². The van der Waals surface area contributed by atoms with Crippen LogP contribution in [0, 0.1) is 0 Å². The van der Waals surface area contributed by atoms with Crippen LogP contribution in [0.1, 0.15) is 22.4 Å². The Bertz CT molecular complexity index is 623. The molecule has 118 valence electrons. The highest BCUT2D eigenvalue weighted by Gasteiger charge is 2.22. The molecule has 2 heterocycles. The number of aromatic nitrogens is 2. The third-order valence-corrected chi connectivity index (χ3v) is 3.21. The second kappa shape index (κ2) is 7.35. The smallest absolute Gasteiger partial charge is 0.337 e.